The van der Waals surface area contributed by atoms with Crippen molar-refractivity contribution in [2.75, 3.05) is 13.2 Å². The Morgan fingerprint density at radius 2 is 2.50 bits per heavy atom. The minimum atomic E-state index is -1.95. The van der Waals surface area contributed by atoms with E-state index in [1.54, 1.807) is 0 Å². The maximum Gasteiger partial charge on any atom is 0.231 e. The fourth-order valence-corrected chi connectivity index (χ4v) is 0.446. The maximum absolute atomic E-state index is 9.78. The van der Waals surface area contributed by atoms with Crippen LogP contribution in [0.25, 0.3) is 0 Å². The Bertz CT molecular complexity index is 77.7. The molecule has 0 rings (SSSR count). The van der Waals surface area contributed by atoms with Crippen molar-refractivity contribution in [3.8, 4) is 0 Å². The number of hydrogen-bond donors (Lipinski definition) is 3. The number of rotatable bonds is 4. The van der Waals surface area contributed by atoms with Crippen molar-refractivity contribution in [2.45, 2.75) is 0 Å². The van der Waals surface area contributed by atoms with E-state index in [1.807, 2.05) is 0 Å². The number of nitrogens with one attached hydrogen (secondary N) is 1. The smallest absolute Gasteiger partial charge is 0.231 e. The zero-order valence-corrected chi connectivity index (χ0v) is 4.98. The molecule has 0 aromatic heterocycles. The van der Waals surface area contributed by atoms with Crippen molar-refractivity contribution in [1.82, 2.24) is 4.72 Å². The lowest BCUT2D eigenvalue weighted by molar-refractivity contribution is 0.143. The first-order valence-electron chi connectivity index (χ1n) is 1.93. The quantitative estimate of drug-likeness (QED) is 0.255. The van der Waals surface area contributed by atoms with E-state index in [9.17, 15) is 4.21 Å². The molecule has 1 atom stereocenters. The van der Waals surface area contributed by atoms with Crippen LogP contribution in [0.1, 0.15) is 0 Å². The highest BCUT2D eigenvalue weighted by Crippen LogP contribution is 1.62. The Labute approximate surface area is 49.6 Å². The fraction of sp³-hybridized carbons (Fsp3) is 1.00. The van der Waals surface area contributed by atoms with Gasteiger partial charge in [-0.25, -0.2) is 14.8 Å². The van der Waals surface area contributed by atoms with Crippen LogP contribution in [0, 0.1) is 0 Å². The molecular formula is C2H8N2O3S. The molecule has 0 spiro atoms. The van der Waals surface area contributed by atoms with Crippen molar-refractivity contribution in [2.24, 2.45) is 5.90 Å². The summed E-state index contributed by atoms with van der Waals surface area (Å²) in [5.41, 5.74) is 0. The SMILES string of the molecule is NOCCNS(=O)O. The highest BCUT2D eigenvalue weighted by molar-refractivity contribution is 7.77. The summed E-state index contributed by atoms with van der Waals surface area (Å²) in [5, 5.41) is 0. The van der Waals surface area contributed by atoms with Gasteiger partial charge in [-0.15, -0.1) is 0 Å². The van der Waals surface area contributed by atoms with E-state index < -0.39 is 11.3 Å². The third-order valence-electron chi connectivity index (χ3n) is 0.445. The van der Waals surface area contributed by atoms with Crippen LogP contribution in [0.2, 0.25) is 0 Å². The summed E-state index contributed by atoms with van der Waals surface area (Å²) in [7, 11) is 0. The van der Waals surface area contributed by atoms with Gasteiger partial charge in [0, 0.05) is 6.54 Å². The van der Waals surface area contributed by atoms with Crippen LogP contribution >= 0.6 is 0 Å². The molecule has 0 saturated carbocycles. The minimum absolute atomic E-state index is 0.228. The normalized spacial score (nSPS) is 13.8. The van der Waals surface area contributed by atoms with Gasteiger partial charge >= 0.3 is 0 Å². The molecule has 8 heavy (non-hydrogen) atoms. The molecule has 0 amide bonds. The molecule has 0 aliphatic rings. The van der Waals surface area contributed by atoms with Gasteiger partial charge in [-0.05, 0) is 0 Å². The van der Waals surface area contributed by atoms with E-state index >= 15 is 0 Å². The molecule has 6 heteroatoms. The Hall–Kier alpha value is -0.0100. The molecular weight excluding hydrogens is 132 g/mol. The summed E-state index contributed by atoms with van der Waals surface area (Å²) >= 11 is -1.95. The Morgan fingerprint density at radius 1 is 1.88 bits per heavy atom. The van der Waals surface area contributed by atoms with Gasteiger partial charge in [-0.3, -0.25) is 4.55 Å². The van der Waals surface area contributed by atoms with Crippen LogP contribution in [-0.4, -0.2) is 21.9 Å². The largest absolute Gasteiger partial charge is 0.303 e. The zero-order valence-electron chi connectivity index (χ0n) is 4.16. The summed E-state index contributed by atoms with van der Waals surface area (Å²) in [6.45, 7) is 0.506. The van der Waals surface area contributed by atoms with Gasteiger partial charge in [0.2, 0.25) is 11.3 Å². The van der Waals surface area contributed by atoms with Gasteiger partial charge in [0.05, 0.1) is 6.61 Å². The molecule has 0 heterocycles. The predicted molar refractivity (Wildman–Crippen MR) is 28.9 cm³/mol. The molecule has 0 aliphatic heterocycles. The Balaban J connectivity index is 2.82. The van der Waals surface area contributed by atoms with Gasteiger partial charge in [0.1, 0.15) is 0 Å². The van der Waals surface area contributed by atoms with Gasteiger partial charge < -0.3 is 4.84 Å². The third-order valence-corrected chi connectivity index (χ3v) is 0.897. The van der Waals surface area contributed by atoms with Crippen molar-refractivity contribution < 1.29 is 13.6 Å². The highest BCUT2D eigenvalue weighted by Gasteiger charge is 1.87. The minimum Gasteiger partial charge on any atom is -0.303 e. The summed E-state index contributed by atoms with van der Waals surface area (Å²) in [6, 6.07) is 0. The van der Waals surface area contributed by atoms with Gasteiger partial charge in [0.15, 0.2) is 0 Å². The average Bonchev–Trinajstić information content (AvgIpc) is 1.66. The van der Waals surface area contributed by atoms with Crippen molar-refractivity contribution >= 4 is 11.3 Å². The van der Waals surface area contributed by atoms with Crippen molar-refractivity contribution in [1.29, 1.82) is 0 Å². The number of hydrogen-bond acceptors (Lipinski definition) is 3. The van der Waals surface area contributed by atoms with E-state index in [-0.39, 0.29) is 13.2 Å². The molecule has 0 aromatic carbocycles. The summed E-state index contributed by atoms with van der Waals surface area (Å²) in [5.74, 6) is 4.59. The number of nitrogens with two attached hydrogens (primary N) is 1. The van der Waals surface area contributed by atoms with Crippen LogP contribution in [-0.2, 0) is 16.1 Å². The lowest BCUT2D eigenvalue weighted by Crippen LogP contribution is -2.22. The van der Waals surface area contributed by atoms with E-state index in [2.05, 4.69) is 15.5 Å². The molecule has 0 fully saturated rings. The monoisotopic (exact) mass is 140 g/mol. The third kappa shape index (κ3) is 5.99. The van der Waals surface area contributed by atoms with Crippen LogP contribution < -0.4 is 10.6 Å². The first-order valence-corrected chi connectivity index (χ1v) is 3.04. The standard InChI is InChI=1S/C2H8N2O3S/c3-7-2-1-4-8(5)6/h4H,1-3H2,(H,5,6). The van der Waals surface area contributed by atoms with E-state index in [0.717, 1.165) is 0 Å². The molecule has 0 radical (unpaired) electrons. The average molecular weight is 140 g/mol. The fourth-order valence-electron chi connectivity index (χ4n) is 0.188. The lowest BCUT2D eigenvalue weighted by Gasteiger charge is -1.94. The second kappa shape index (κ2) is 5.13. The molecule has 0 aliphatic carbocycles. The molecule has 4 N–H and O–H groups in total. The van der Waals surface area contributed by atoms with Gasteiger partial charge in [0.25, 0.3) is 0 Å². The molecule has 5 nitrogen and oxygen atoms in total. The topological polar surface area (TPSA) is 84.6 Å². The summed E-state index contributed by atoms with van der Waals surface area (Å²) in [4.78, 5) is 4.08. The van der Waals surface area contributed by atoms with E-state index in [0.29, 0.717) is 0 Å². The zero-order chi connectivity index (χ0) is 6.41. The lowest BCUT2D eigenvalue weighted by atomic mass is 10.8. The second-order valence-electron chi connectivity index (χ2n) is 1.01. The van der Waals surface area contributed by atoms with Crippen LogP contribution in [0.4, 0.5) is 0 Å². The summed E-state index contributed by atoms with van der Waals surface area (Å²) < 4.78 is 20.0. The van der Waals surface area contributed by atoms with Crippen LogP contribution in [0.5, 0.6) is 0 Å². The molecule has 50 valence electrons. The van der Waals surface area contributed by atoms with Crippen molar-refractivity contribution in [3.05, 3.63) is 0 Å². The van der Waals surface area contributed by atoms with Crippen LogP contribution in [0.15, 0.2) is 0 Å². The molecule has 1 unspecified atom stereocenters. The van der Waals surface area contributed by atoms with Crippen LogP contribution in [0.3, 0.4) is 0 Å². The molecule has 0 aromatic rings. The first kappa shape index (κ1) is 7.99. The van der Waals surface area contributed by atoms with E-state index in [1.165, 1.54) is 0 Å². The Kier molecular flexibility index (Phi) is 5.13. The highest BCUT2D eigenvalue weighted by atomic mass is 32.2. The van der Waals surface area contributed by atoms with Gasteiger partial charge in [-0.1, -0.05) is 0 Å². The predicted octanol–water partition coefficient (Wildman–Crippen LogP) is -1.40. The van der Waals surface area contributed by atoms with Gasteiger partial charge in [-0.2, -0.15) is 0 Å². The Morgan fingerprint density at radius 3 is 2.88 bits per heavy atom. The molecule has 0 bridgehead atoms. The maximum atomic E-state index is 9.78. The first-order chi connectivity index (χ1) is 3.77. The van der Waals surface area contributed by atoms with Crippen molar-refractivity contribution in [3.63, 3.8) is 0 Å². The van der Waals surface area contributed by atoms with E-state index in [4.69, 9.17) is 4.55 Å². The second-order valence-corrected chi connectivity index (χ2v) is 1.80. The molecule has 0 saturated heterocycles. The summed E-state index contributed by atoms with van der Waals surface area (Å²) in [6.07, 6.45) is 0.